The lowest BCUT2D eigenvalue weighted by Crippen LogP contribution is -2.47. The van der Waals surface area contributed by atoms with Crippen molar-refractivity contribution in [3.8, 4) is 0 Å². The fourth-order valence-corrected chi connectivity index (χ4v) is 4.48. The Bertz CT molecular complexity index is 1030. The van der Waals surface area contributed by atoms with Crippen molar-refractivity contribution in [2.45, 2.75) is 38.0 Å². The van der Waals surface area contributed by atoms with Gasteiger partial charge < -0.3 is 24.6 Å². The van der Waals surface area contributed by atoms with E-state index >= 15 is 4.39 Å². The molecule has 0 spiro atoms. The summed E-state index contributed by atoms with van der Waals surface area (Å²) in [6.45, 7) is 4.21. The fourth-order valence-electron chi connectivity index (χ4n) is 4.48. The van der Waals surface area contributed by atoms with Gasteiger partial charge in [0.15, 0.2) is 0 Å². The summed E-state index contributed by atoms with van der Waals surface area (Å²) in [6.07, 6.45) is 3.28. The van der Waals surface area contributed by atoms with Crippen LogP contribution in [0.4, 0.5) is 10.1 Å². The molecule has 2 N–H and O–H groups in total. The minimum atomic E-state index is -1.28. The average Bonchev–Trinajstić information content (AvgIpc) is 3.42. The molecule has 0 unspecified atom stereocenters. The Morgan fingerprint density at radius 1 is 1.36 bits per heavy atom. The number of halogens is 1. The van der Waals surface area contributed by atoms with Gasteiger partial charge in [-0.3, -0.25) is 4.79 Å². The Labute approximate surface area is 160 Å². The molecule has 148 valence electrons. The van der Waals surface area contributed by atoms with Crippen LogP contribution in [-0.2, 0) is 4.74 Å². The van der Waals surface area contributed by atoms with E-state index in [4.69, 9.17) is 4.74 Å². The molecule has 3 aliphatic rings. The van der Waals surface area contributed by atoms with Gasteiger partial charge in [0.2, 0.25) is 5.43 Å². The molecule has 28 heavy (non-hydrogen) atoms. The zero-order chi connectivity index (χ0) is 19.6. The Balaban J connectivity index is 1.69. The lowest BCUT2D eigenvalue weighted by atomic mass is 10.0. The number of pyridine rings is 1. The summed E-state index contributed by atoms with van der Waals surface area (Å²) in [4.78, 5) is 26.3. The van der Waals surface area contributed by atoms with Crippen molar-refractivity contribution in [2.75, 3.05) is 31.1 Å². The third-order valence-corrected chi connectivity index (χ3v) is 6.09. The summed E-state index contributed by atoms with van der Waals surface area (Å²) in [7, 11) is 0. The maximum absolute atomic E-state index is 15.3. The van der Waals surface area contributed by atoms with E-state index in [1.54, 1.807) is 13.0 Å². The molecule has 8 heteroatoms. The van der Waals surface area contributed by atoms with Gasteiger partial charge in [-0.2, -0.15) is 0 Å². The normalized spacial score (nSPS) is 24.6. The van der Waals surface area contributed by atoms with Gasteiger partial charge in [-0.15, -0.1) is 0 Å². The molecule has 7 nitrogen and oxygen atoms in total. The van der Waals surface area contributed by atoms with Crippen LogP contribution in [0.2, 0.25) is 0 Å². The highest BCUT2D eigenvalue weighted by molar-refractivity contribution is 5.95. The second-order valence-corrected chi connectivity index (χ2v) is 7.92. The topological polar surface area (TPSA) is 83.8 Å². The van der Waals surface area contributed by atoms with Crippen LogP contribution in [0.3, 0.4) is 0 Å². The molecule has 0 radical (unpaired) electrons. The van der Waals surface area contributed by atoms with Gasteiger partial charge in [-0.25, -0.2) is 9.18 Å². The zero-order valence-electron chi connectivity index (χ0n) is 15.6. The van der Waals surface area contributed by atoms with Gasteiger partial charge >= 0.3 is 5.97 Å². The summed E-state index contributed by atoms with van der Waals surface area (Å²) in [6, 6.07) is 2.02. The summed E-state index contributed by atoms with van der Waals surface area (Å²) >= 11 is 0. The molecule has 0 bridgehead atoms. The maximum atomic E-state index is 15.3. The Kier molecular flexibility index (Phi) is 3.96. The highest BCUT2D eigenvalue weighted by Gasteiger charge is 2.37. The van der Waals surface area contributed by atoms with Crippen molar-refractivity contribution in [3.05, 3.63) is 39.4 Å². The Hall–Kier alpha value is -2.45. The average molecular weight is 387 g/mol. The molecular weight excluding hydrogens is 365 g/mol. The van der Waals surface area contributed by atoms with Crippen LogP contribution in [0, 0.1) is 12.7 Å². The monoisotopic (exact) mass is 387 g/mol. The van der Waals surface area contributed by atoms with E-state index in [0.29, 0.717) is 30.9 Å². The number of carboxylic acid groups (broad SMARTS) is 1. The van der Waals surface area contributed by atoms with Gasteiger partial charge in [-0.1, -0.05) is 0 Å². The van der Waals surface area contributed by atoms with Crippen molar-refractivity contribution in [3.63, 3.8) is 0 Å². The molecule has 5 rings (SSSR count). The molecule has 0 amide bonds. The number of aromatic nitrogens is 1. The van der Waals surface area contributed by atoms with E-state index in [2.05, 4.69) is 5.32 Å². The van der Waals surface area contributed by atoms with Crippen LogP contribution in [0.25, 0.3) is 10.9 Å². The van der Waals surface area contributed by atoms with E-state index < -0.39 is 17.2 Å². The number of aryl methyl sites for hydroxylation is 1. The minimum absolute atomic E-state index is 0.0177. The van der Waals surface area contributed by atoms with Crippen LogP contribution in [-0.4, -0.2) is 54.0 Å². The van der Waals surface area contributed by atoms with E-state index in [-0.39, 0.29) is 34.7 Å². The molecule has 3 fully saturated rings. The van der Waals surface area contributed by atoms with Crippen LogP contribution in [0.5, 0.6) is 0 Å². The molecule has 2 atom stereocenters. The standard InChI is InChI=1S/C20H22FN3O4/c1-10-17-14(24(11-2-3-11)7-12(19(17)25)20(26)27)6-15(18(10)21)23-8-13-16(9-23)28-5-4-22-13/h6-7,11,13,16,22H,2-5,8-9H2,1H3,(H,26,27)/t13-,16+/m0/s1. The first kappa shape index (κ1) is 17.6. The predicted octanol–water partition coefficient (Wildman–Crippen LogP) is 1.66. The number of fused-ring (bicyclic) bond motifs is 2. The third-order valence-electron chi connectivity index (χ3n) is 6.09. The number of carboxylic acids is 1. The van der Waals surface area contributed by atoms with E-state index in [9.17, 15) is 14.7 Å². The Morgan fingerprint density at radius 2 is 2.14 bits per heavy atom. The first-order valence-corrected chi connectivity index (χ1v) is 9.67. The number of benzene rings is 1. The molecule has 1 saturated carbocycles. The number of nitrogens with one attached hydrogen (secondary N) is 1. The number of aromatic carboxylic acids is 1. The van der Waals surface area contributed by atoms with Gasteiger partial charge in [0, 0.05) is 37.4 Å². The van der Waals surface area contributed by atoms with Gasteiger partial charge in [0.1, 0.15) is 11.4 Å². The highest BCUT2D eigenvalue weighted by Crippen LogP contribution is 2.39. The largest absolute Gasteiger partial charge is 0.477 e. The third kappa shape index (κ3) is 2.62. The molecule has 1 aliphatic carbocycles. The second-order valence-electron chi connectivity index (χ2n) is 7.92. The summed E-state index contributed by atoms with van der Waals surface area (Å²) < 4.78 is 23.0. The maximum Gasteiger partial charge on any atom is 0.341 e. The summed E-state index contributed by atoms with van der Waals surface area (Å²) in [5.74, 6) is -1.75. The SMILES string of the molecule is Cc1c(F)c(N2C[C@@H]3NCCO[C@@H]3C2)cc2c1c(=O)c(C(=O)O)cn2C1CC1. The number of rotatable bonds is 3. The smallest absolute Gasteiger partial charge is 0.341 e. The minimum Gasteiger partial charge on any atom is -0.477 e. The summed E-state index contributed by atoms with van der Waals surface area (Å²) in [5, 5.41) is 13.0. The number of hydrogen-bond donors (Lipinski definition) is 2. The van der Waals surface area contributed by atoms with Crippen LogP contribution >= 0.6 is 0 Å². The van der Waals surface area contributed by atoms with Crippen molar-refractivity contribution in [1.82, 2.24) is 9.88 Å². The number of morpholine rings is 1. The quantitative estimate of drug-likeness (QED) is 0.834. The zero-order valence-corrected chi connectivity index (χ0v) is 15.6. The van der Waals surface area contributed by atoms with Crippen LogP contribution < -0.4 is 15.6 Å². The molecular formula is C20H22FN3O4. The lowest BCUT2D eigenvalue weighted by Gasteiger charge is -2.25. The number of hydrogen-bond acceptors (Lipinski definition) is 5. The number of nitrogens with zero attached hydrogens (tertiary/aromatic N) is 2. The van der Waals surface area contributed by atoms with Crippen molar-refractivity contribution >= 4 is 22.6 Å². The first-order valence-electron chi connectivity index (χ1n) is 9.67. The molecule has 2 aromatic rings. The molecule has 1 aromatic carbocycles. The highest BCUT2D eigenvalue weighted by atomic mass is 19.1. The predicted molar refractivity (Wildman–Crippen MR) is 102 cm³/mol. The van der Waals surface area contributed by atoms with Crippen LogP contribution in [0.1, 0.15) is 34.8 Å². The van der Waals surface area contributed by atoms with E-state index in [1.165, 1.54) is 6.20 Å². The van der Waals surface area contributed by atoms with Crippen molar-refractivity contribution in [2.24, 2.45) is 0 Å². The van der Waals surface area contributed by atoms with Gasteiger partial charge in [-0.05, 0) is 25.8 Å². The number of anilines is 1. The van der Waals surface area contributed by atoms with Gasteiger partial charge in [0.25, 0.3) is 0 Å². The second kappa shape index (κ2) is 6.28. The lowest BCUT2D eigenvalue weighted by molar-refractivity contribution is 0.0212. The van der Waals surface area contributed by atoms with Crippen molar-refractivity contribution < 1.29 is 19.0 Å². The molecule has 3 heterocycles. The van der Waals surface area contributed by atoms with Crippen molar-refractivity contribution in [1.29, 1.82) is 0 Å². The molecule has 2 saturated heterocycles. The number of carbonyl (C=O) groups is 1. The fraction of sp³-hybridized carbons (Fsp3) is 0.500. The molecule has 2 aliphatic heterocycles. The van der Waals surface area contributed by atoms with Gasteiger partial charge in [0.05, 0.1) is 35.3 Å². The summed E-state index contributed by atoms with van der Waals surface area (Å²) in [5.41, 5.74) is 0.331. The number of ether oxygens (including phenoxy) is 1. The van der Waals surface area contributed by atoms with E-state index in [0.717, 1.165) is 19.4 Å². The Morgan fingerprint density at radius 3 is 2.82 bits per heavy atom. The molecule has 1 aromatic heterocycles. The first-order chi connectivity index (χ1) is 13.5. The van der Waals surface area contributed by atoms with E-state index in [1.807, 2.05) is 9.47 Å². The van der Waals surface area contributed by atoms with Crippen LogP contribution in [0.15, 0.2) is 17.1 Å².